The first-order valence-electron chi connectivity index (χ1n) is 8.58. The lowest BCUT2D eigenvalue weighted by molar-refractivity contribution is -0.141. The number of furan rings is 1. The van der Waals surface area contributed by atoms with Crippen LogP contribution in [0.5, 0.6) is 0 Å². The van der Waals surface area contributed by atoms with Crippen LogP contribution >= 0.6 is 0 Å². The van der Waals surface area contributed by atoms with Crippen molar-refractivity contribution in [3.8, 4) is 0 Å². The van der Waals surface area contributed by atoms with Crippen LogP contribution in [0.15, 0.2) is 28.8 Å². The van der Waals surface area contributed by atoms with E-state index in [0.717, 1.165) is 28.5 Å². The molecule has 27 heavy (non-hydrogen) atoms. The molecule has 1 N–H and O–H groups in total. The van der Waals surface area contributed by atoms with Crippen molar-refractivity contribution < 1.29 is 27.1 Å². The van der Waals surface area contributed by atoms with Crippen molar-refractivity contribution in [1.82, 2.24) is 20.0 Å². The van der Waals surface area contributed by atoms with Crippen molar-refractivity contribution in [3.05, 3.63) is 41.6 Å². The molecule has 1 fully saturated rings. The zero-order chi connectivity index (χ0) is 19.4. The number of carbonyl (C=O) groups excluding carboxylic acids is 1. The topological polar surface area (TPSA) is 72.5 Å². The summed E-state index contributed by atoms with van der Waals surface area (Å²) in [5.74, 6) is 1.08. The molecule has 1 atom stereocenters. The largest absolute Gasteiger partial charge is 0.465 e. The summed E-state index contributed by atoms with van der Waals surface area (Å²) >= 11 is 0. The Balaban J connectivity index is 1.60. The van der Waals surface area contributed by atoms with Gasteiger partial charge in [0.05, 0.1) is 19.3 Å². The van der Waals surface area contributed by atoms with Gasteiger partial charge in [-0.2, -0.15) is 18.3 Å². The third-order valence-electron chi connectivity index (χ3n) is 4.31. The highest BCUT2D eigenvalue weighted by molar-refractivity contribution is 5.75. The maximum Gasteiger partial charge on any atom is 0.435 e. The molecule has 148 valence electrons. The van der Waals surface area contributed by atoms with Gasteiger partial charge in [0.15, 0.2) is 5.69 Å². The van der Waals surface area contributed by atoms with Crippen LogP contribution in [0.3, 0.4) is 0 Å². The second kappa shape index (κ2) is 8.13. The quantitative estimate of drug-likeness (QED) is 0.822. The number of amides is 1. The van der Waals surface area contributed by atoms with Crippen molar-refractivity contribution in [3.63, 3.8) is 0 Å². The summed E-state index contributed by atoms with van der Waals surface area (Å²) in [7, 11) is 0. The summed E-state index contributed by atoms with van der Waals surface area (Å²) in [5.41, 5.74) is -1.02. The molecule has 0 saturated carbocycles. The standard InChI is InChI=1S/C17H21F3N4O3/c1-12-2-3-14(27-12)13(23-6-8-26-9-7-23)10-21-16(25)11-24-5-4-15(22-24)17(18,19)20/h2-5,13H,6-11H2,1H3,(H,21,25). The highest BCUT2D eigenvalue weighted by Gasteiger charge is 2.33. The Hall–Kier alpha value is -2.33. The van der Waals surface area contributed by atoms with Crippen LogP contribution in [-0.2, 0) is 22.3 Å². The second-order valence-corrected chi connectivity index (χ2v) is 6.31. The fourth-order valence-electron chi connectivity index (χ4n) is 2.95. The predicted octanol–water partition coefficient (Wildman–Crippen LogP) is 1.99. The lowest BCUT2D eigenvalue weighted by Crippen LogP contribution is -2.44. The number of ether oxygens (including phenoxy) is 1. The molecule has 2 aromatic rings. The summed E-state index contributed by atoms with van der Waals surface area (Å²) in [4.78, 5) is 14.3. The van der Waals surface area contributed by atoms with Crippen LogP contribution in [0.2, 0.25) is 0 Å². The Morgan fingerprint density at radius 1 is 1.30 bits per heavy atom. The molecule has 0 spiro atoms. The first-order valence-corrected chi connectivity index (χ1v) is 8.58. The van der Waals surface area contributed by atoms with Crippen LogP contribution in [0.1, 0.15) is 23.3 Å². The number of hydrogen-bond acceptors (Lipinski definition) is 5. The minimum absolute atomic E-state index is 0.171. The molecule has 1 saturated heterocycles. The molecule has 3 heterocycles. The molecule has 0 radical (unpaired) electrons. The van der Waals surface area contributed by atoms with Gasteiger partial charge >= 0.3 is 6.18 Å². The molecule has 10 heteroatoms. The number of alkyl halides is 3. The molecule has 7 nitrogen and oxygen atoms in total. The number of rotatable bonds is 6. The van der Waals surface area contributed by atoms with Gasteiger partial charge in [-0.25, -0.2) is 0 Å². The first-order chi connectivity index (χ1) is 12.8. The van der Waals surface area contributed by atoms with E-state index < -0.39 is 17.8 Å². The minimum atomic E-state index is -4.53. The Kier molecular flexibility index (Phi) is 5.85. The molecule has 1 unspecified atom stereocenters. The van der Waals surface area contributed by atoms with E-state index in [1.165, 1.54) is 0 Å². The number of aromatic nitrogens is 2. The lowest BCUT2D eigenvalue weighted by Gasteiger charge is -2.33. The van der Waals surface area contributed by atoms with Gasteiger partial charge in [-0.05, 0) is 25.1 Å². The molecule has 0 bridgehead atoms. The van der Waals surface area contributed by atoms with Crippen LogP contribution in [0.25, 0.3) is 0 Å². The van der Waals surface area contributed by atoms with Crippen LogP contribution in [0, 0.1) is 6.92 Å². The summed E-state index contributed by atoms with van der Waals surface area (Å²) < 4.78 is 49.8. The molecule has 2 aromatic heterocycles. The first kappa shape index (κ1) is 19.4. The highest BCUT2D eigenvalue weighted by Crippen LogP contribution is 2.27. The second-order valence-electron chi connectivity index (χ2n) is 6.31. The third-order valence-corrected chi connectivity index (χ3v) is 4.31. The van der Waals surface area contributed by atoms with Gasteiger partial charge in [-0.1, -0.05) is 0 Å². The van der Waals surface area contributed by atoms with E-state index in [1.807, 2.05) is 19.1 Å². The third kappa shape index (κ3) is 5.10. The Labute approximate surface area is 154 Å². The van der Waals surface area contributed by atoms with E-state index >= 15 is 0 Å². The average Bonchev–Trinajstić information content (AvgIpc) is 3.25. The van der Waals surface area contributed by atoms with E-state index in [2.05, 4.69) is 15.3 Å². The van der Waals surface area contributed by atoms with Gasteiger partial charge in [0.2, 0.25) is 5.91 Å². The zero-order valence-electron chi connectivity index (χ0n) is 14.8. The van der Waals surface area contributed by atoms with Gasteiger partial charge in [-0.3, -0.25) is 14.4 Å². The maximum absolute atomic E-state index is 12.6. The van der Waals surface area contributed by atoms with Crippen molar-refractivity contribution in [1.29, 1.82) is 0 Å². The molecule has 0 aromatic carbocycles. The number of morpholine rings is 1. The molecule has 0 aliphatic carbocycles. The van der Waals surface area contributed by atoms with Gasteiger partial charge in [0.25, 0.3) is 0 Å². The smallest absolute Gasteiger partial charge is 0.435 e. The van der Waals surface area contributed by atoms with E-state index in [4.69, 9.17) is 9.15 Å². The van der Waals surface area contributed by atoms with E-state index in [9.17, 15) is 18.0 Å². The number of nitrogens with zero attached hydrogens (tertiary/aromatic N) is 3. The van der Waals surface area contributed by atoms with Gasteiger partial charge < -0.3 is 14.5 Å². The van der Waals surface area contributed by atoms with Gasteiger partial charge in [-0.15, -0.1) is 0 Å². The SMILES string of the molecule is Cc1ccc(C(CNC(=O)Cn2ccc(C(F)(F)F)n2)N2CCOCC2)o1. The number of nitrogens with one attached hydrogen (secondary N) is 1. The van der Waals surface area contributed by atoms with Crippen molar-refractivity contribution >= 4 is 5.91 Å². The average molecular weight is 386 g/mol. The van der Waals surface area contributed by atoms with Crippen molar-refractivity contribution in [2.75, 3.05) is 32.8 Å². The normalized spacial score (nSPS) is 17.0. The zero-order valence-corrected chi connectivity index (χ0v) is 14.8. The molecular weight excluding hydrogens is 365 g/mol. The number of hydrogen-bond donors (Lipinski definition) is 1. The predicted molar refractivity (Wildman–Crippen MR) is 88.8 cm³/mol. The van der Waals surface area contributed by atoms with Crippen LogP contribution < -0.4 is 5.32 Å². The van der Waals surface area contributed by atoms with Gasteiger partial charge in [0, 0.05) is 25.8 Å². The molecule has 1 amide bonds. The lowest BCUT2D eigenvalue weighted by atomic mass is 10.1. The Morgan fingerprint density at radius 2 is 2.04 bits per heavy atom. The molecule has 3 rings (SSSR count). The summed E-state index contributed by atoms with van der Waals surface area (Å²) in [6.45, 7) is 4.43. The Morgan fingerprint density at radius 3 is 2.63 bits per heavy atom. The van der Waals surface area contributed by atoms with E-state index in [1.54, 1.807) is 0 Å². The monoisotopic (exact) mass is 386 g/mol. The number of halogens is 3. The van der Waals surface area contributed by atoms with Gasteiger partial charge in [0.1, 0.15) is 18.1 Å². The highest BCUT2D eigenvalue weighted by atomic mass is 19.4. The number of aryl methyl sites for hydroxylation is 1. The summed E-state index contributed by atoms with van der Waals surface area (Å²) in [6, 6.07) is 4.39. The summed E-state index contributed by atoms with van der Waals surface area (Å²) in [5, 5.41) is 6.15. The van der Waals surface area contributed by atoms with E-state index in [-0.39, 0.29) is 19.1 Å². The Bertz CT molecular complexity index is 766. The molecule has 1 aliphatic rings. The number of carbonyl (C=O) groups is 1. The van der Waals surface area contributed by atoms with Crippen molar-refractivity contribution in [2.45, 2.75) is 25.7 Å². The van der Waals surface area contributed by atoms with Crippen LogP contribution in [0.4, 0.5) is 13.2 Å². The van der Waals surface area contributed by atoms with Crippen LogP contribution in [-0.4, -0.2) is 53.4 Å². The molecular formula is C17H21F3N4O3. The fraction of sp³-hybridized carbons (Fsp3) is 0.529. The maximum atomic E-state index is 12.6. The van der Waals surface area contributed by atoms with E-state index in [0.29, 0.717) is 26.3 Å². The van der Waals surface area contributed by atoms with Crippen molar-refractivity contribution in [2.24, 2.45) is 0 Å². The fourth-order valence-corrected chi connectivity index (χ4v) is 2.95. The summed E-state index contributed by atoms with van der Waals surface area (Å²) in [6.07, 6.45) is -3.39. The minimum Gasteiger partial charge on any atom is -0.465 e. The molecule has 1 aliphatic heterocycles.